The molecule has 0 bridgehead atoms. The van der Waals surface area contributed by atoms with E-state index in [1.807, 2.05) is 30.3 Å². The average molecular weight is 460 g/mol. The number of furan rings is 1. The molecule has 0 saturated heterocycles. The summed E-state index contributed by atoms with van der Waals surface area (Å²) in [6.45, 7) is 0. The van der Waals surface area contributed by atoms with Crippen molar-refractivity contribution in [1.82, 2.24) is 14.4 Å². The monoisotopic (exact) mass is 459 g/mol. The van der Waals surface area contributed by atoms with Crippen molar-refractivity contribution in [2.75, 3.05) is 0 Å². The van der Waals surface area contributed by atoms with Crippen molar-refractivity contribution in [2.24, 2.45) is 0 Å². The van der Waals surface area contributed by atoms with Crippen molar-refractivity contribution in [1.29, 1.82) is 0 Å². The lowest BCUT2D eigenvalue weighted by molar-refractivity contribution is 0.671. The largest absolute Gasteiger partial charge is 0.454 e. The first-order valence-corrected chi connectivity index (χ1v) is 12.1. The molecule has 0 aliphatic heterocycles. The van der Waals surface area contributed by atoms with Gasteiger partial charge in [0.1, 0.15) is 11.1 Å². The van der Waals surface area contributed by atoms with E-state index in [4.69, 9.17) is 14.4 Å². The molecule has 0 saturated carbocycles. The van der Waals surface area contributed by atoms with E-state index in [9.17, 15) is 0 Å². The summed E-state index contributed by atoms with van der Waals surface area (Å²) in [6.07, 6.45) is 0. The molecular formula is C32H17N3O. The molecule has 9 aromatic rings. The molecule has 4 nitrogen and oxygen atoms in total. The molecule has 0 fully saturated rings. The van der Waals surface area contributed by atoms with Crippen LogP contribution in [0.15, 0.2) is 108 Å². The predicted molar refractivity (Wildman–Crippen MR) is 147 cm³/mol. The molecule has 4 heteroatoms. The zero-order valence-electron chi connectivity index (χ0n) is 19.1. The molecule has 36 heavy (non-hydrogen) atoms. The van der Waals surface area contributed by atoms with E-state index in [2.05, 4.69) is 77.2 Å². The van der Waals surface area contributed by atoms with E-state index in [0.29, 0.717) is 0 Å². The summed E-state index contributed by atoms with van der Waals surface area (Å²) < 4.78 is 8.85. The van der Waals surface area contributed by atoms with Gasteiger partial charge in [-0.05, 0) is 41.5 Å². The third-order valence-electron chi connectivity index (χ3n) is 7.51. The maximum Gasteiger partial charge on any atom is 0.165 e. The molecule has 0 aliphatic carbocycles. The van der Waals surface area contributed by atoms with Gasteiger partial charge in [-0.2, -0.15) is 0 Å². The van der Waals surface area contributed by atoms with Crippen LogP contribution in [0.5, 0.6) is 0 Å². The second-order valence-corrected chi connectivity index (χ2v) is 9.44. The summed E-state index contributed by atoms with van der Waals surface area (Å²) in [6, 6.07) is 35.9. The lowest BCUT2D eigenvalue weighted by Gasteiger charge is -2.01. The first kappa shape index (κ1) is 18.4. The third-order valence-corrected chi connectivity index (χ3v) is 7.51. The van der Waals surface area contributed by atoms with Crippen molar-refractivity contribution in [3.8, 4) is 11.1 Å². The Hall–Kier alpha value is -4.96. The van der Waals surface area contributed by atoms with Crippen LogP contribution in [0, 0.1) is 0 Å². The summed E-state index contributed by atoms with van der Waals surface area (Å²) in [5, 5.41) is 5.71. The highest BCUT2D eigenvalue weighted by molar-refractivity contribution is 6.27. The van der Waals surface area contributed by atoms with Gasteiger partial charge in [0, 0.05) is 26.9 Å². The number of rotatable bonds is 1. The number of benzene rings is 5. The van der Waals surface area contributed by atoms with Crippen LogP contribution in [0.4, 0.5) is 0 Å². The highest BCUT2D eigenvalue weighted by atomic mass is 16.3. The maximum absolute atomic E-state index is 6.59. The maximum atomic E-state index is 6.59. The molecule has 9 rings (SSSR count). The van der Waals surface area contributed by atoms with E-state index in [1.165, 1.54) is 21.9 Å². The number of hydrogen-bond acceptors (Lipinski definition) is 3. The fourth-order valence-corrected chi connectivity index (χ4v) is 5.92. The summed E-state index contributed by atoms with van der Waals surface area (Å²) >= 11 is 0. The first-order chi connectivity index (χ1) is 17.8. The van der Waals surface area contributed by atoms with Gasteiger partial charge in [0.05, 0.1) is 22.1 Å². The Morgan fingerprint density at radius 1 is 0.528 bits per heavy atom. The second kappa shape index (κ2) is 6.37. The van der Waals surface area contributed by atoms with Gasteiger partial charge in [-0.3, -0.25) is 4.40 Å². The van der Waals surface area contributed by atoms with Crippen LogP contribution in [0.1, 0.15) is 0 Å². The van der Waals surface area contributed by atoms with Gasteiger partial charge >= 0.3 is 0 Å². The Morgan fingerprint density at radius 2 is 1.28 bits per heavy atom. The lowest BCUT2D eigenvalue weighted by Crippen LogP contribution is -1.89. The van der Waals surface area contributed by atoms with Crippen LogP contribution < -0.4 is 0 Å². The van der Waals surface area contributed by atoms with E-state index in [0.717, 1.165) is 60.6 Å². The van der Waals surface area contributed by atoms with Crippen LogP contribution >= 0.6 is 0 Å². The number of fused-ring (bicyclic) bond motifs is 11. The fraction of sp³-hybridized carbons (Fsp3) is 0. The molecule has 0 atom stereocenters. The number of hydrogen-bond donors (Lipinski definition) is 0. The molecule has 4 aromatic heterocycles. The summed E-state index contributed by atoms with van der Waals surface area (Å²) in [4.78, 5) is 10.1. The quantitative estimate of drug-likeness (QED) is 0.248. The predicted octanol–water partition coefficient (Wildman–Crippen LogP) is 8.35. The molecular weight excluding hydrogens is 442 g/mol. The highest BCUT2D eigenvalue weighted by Gasteiger charge is 2.23. The fourth-order valence-electron chi connectivity index (χ4n) is 5.92. The van der Waals surface area contributed by atoms with Gasteiger partial charge in [-0.25, -0.2) is 9.97 Å². The van der Waals surface area contributed by atoms with Crippen LogP contribution in [-0.4, -0.2) is 14.4 Å². The summed E-state index contributed by atoms with van der Waals surface area (Å²) in [7, 11) is 0. The van der Waals surface area contributed by atoms with Crippen LogP contribution in [-0.2, 0) is 0 Å². The zero-order valence-corrected chi connectivity index (χ0v) is 19.1. The van der Waals surface area contributed by atoms with E-state index < -0.39 is 0 Å². The van der Waals surface area contributed by atoms with Gasteiger partial charge < -0.3 is 4.42 Å². The zero-order chi connectivity index (χ0) is 23.4. The Kier molecular flexibility index (Phi) is 3.25. The van der Waals surface area contributed by atoms with E-state index in [1.54, 1.807) is 0 Å². The van der Waals surface area contributed by atoms with Gasteiger partial charge in [0.15, 0.2) is 11.2 Å². The minimum atomic E-state index is 0.868. The summed E-state index contributed by atoms with van der Waals surface area (Å²) in [5.41, 5.74) is 9.95. The SMILES string of the molecule is c1ccc(-c2ccc3oc4c(ccc5c6cccc7c8nc9ccccc9nc8n(c67)c54)c3c2)cc1. The highest BCUT2D eigenvalue weighted by Crippen LogP contribution is 2.43. The van der Waals surface area contributed by atoms with Gasteiger partial charge in [-0.1, -0.05) is 72.8 Å². The van der Waals surface area contributed by atoms with E-state index in [-0.39, 0.29) is 0 Å². The van der Waals surface area contributed by atoms with Gasteiger partial charge in [0.2, 0.25) is 0 Å². The Bertz CT molecular complexity index is 2310. The summed E-state index contributed by atoms with van der Waals surface area (Å²) in [5.74, 6) is 0. The minimum absolute atomic E-state index is 0.868. The van der Waals surface area contributed by atoms with E-state index >= 15 is 0 Å². The Balaban J connectivity index is 1.48. The molecule has 5 aromatic carbocycles. The van der Waals surface area contributed by atoms with Crippen molar-refractivity contribution in [3.05, 3.63) is 103 Å². The number of aromatic nitrogens is 3. The van der Waals surface area contributed by atoms with Crippen molar-refractivity contribution >= 4 is 71.3 Å². The van der Waals surface area contributed by atoms with Crippen molar-refractivity contribution in [2.45, 2.75) is 0 Å². The standard InChI is InChI=1S/C32H17N3O/c1-2-7-18(8-3-1)19-13-16-27-24(17-19)22-15-14-21-20-9-6-10-23-28-32(34-26-12-5-4-11-25(26)33-28)35(29(20)23)30(21)31(22)36-27/h1-17H. The lowest BCUT2D eigenvalue weighted by atomic mass is 10.0. The smallest absolute Gasteiger partial charge is 0.165 e. The molecule has 166 valence electrons. The molecule has 0 N–H and O–H groups in total. The van der Waals surface area contributed by atoms with Crippen molar-refractivity contribution < 1.29 is 4.42 Å². The minimum Gasteiger partial charge on any atom is -0.454 e. The molecule has 0 amide bonds. The Labute approximate surface area is 204 Å². The van der Waals surface area contributed by atoms with Crippen LogP contribution in [0.2, 0.25) is 0 Å². The molecule has 0 radical (unpaired) electrons. The second-order valence-electron chi connectivity index (χ2n) is 9.44. The molecule has 0 unspecified atom stereocenters. The Morgan fingerprint density at radius 3 is 2.17 bits per heavy atom. The van der Waals surface area contributed by atoms with Crippen molar-refractivity contribution in [3.63, 3.8) is 0 Å². The van der Waals surface area contributed by atoms with Gasteiger partial charge in [0.25, 0.3) is 0 Å². The van der Waals surface area contributed by atoms with Crippen LogP contribution in [0.25, 0.3) is 82.5 Å². The first-order valence-electron chi connectivity index (χ1n) is 12.1. The average Bonchev–Trinajstić information content (AvgIpc) is 3.58. The molecule has 0 spiro atoms. The number of para-hydroxylation sites is 3. The number of nitrogens with zero attached hydrogens (tertiary/aromatic N) is 3. The normalized spacial score (nSPS) is 12.4. The molecule has 4 heterocycles. The third kappa shape index (κ3) is 2.19. The van der Waals surface area contributed by atoms with Crippen LogP contribution in [0.3, 0.4) is 0 Å². The topological polar surface area (TPSA) is 43.3 Å². The van der Waals surface area contributed by atoms with Gasteiger partial charge in [-0.15, -0.1) is 0 Å². The molecule has 0 aliphatic rings.